The average molecular weight is 289 g/mol. The molecule has 0 saturated heterocycles. The fourth-order valence-corrected chi connectivity index (χ4v) is 1.54. The number of carbonyl (C=O) groups excluding carboxylic acids is 1. The normalized spacial score (nSPS) is 10.4. The van der Waals surface area contributed by atoms with Crippen LogP contribution in [0.15, 0.2) is 39.9 Å². The van der Waals surface area contributed by atoms with Gasteiger partial charge in [0.15, 0.2) is 0 Å². The lowest BCUT2D eigenvalue weighted by atomic mass is 10.2. The molecule has 0 spiro atoms. The van der Waals surface area contributed by atoms with Gasteiger partial charge in [0.05, 0.1) is 12.3 Å². The zero-order valence-corrected chi connectivity index (χ0v) is 11.0. The molecule has 2 aromatic rings. The molecule has 100 valence electrons. The second-order valence-electron chi connectivity index (χ2n) is 3.67. The van der Waals surface area contributed by atoms with Crippen molar-refractivity contribution in [3.05, 3.63) is 41.2 Å². The Kier molecular flexibility index (Phi) is 4.47. The number of halogens is 1. The van der Waals surface area contributed by atoms with Gasteiger partial charge in [-0.2, -0.15) is 10.4 Å². The summed E-state index contributed by atoms with van der Waals surface area (Å²) >= 11 is 5.89. The SMILES string of the molecule is N#CCC(=O)N/N=C/c1nc(-c2ccccc2)oc1Cl. The highest BCUT2D eigenvalue weighted by Crippen LogP contribution is 2.24. The van der Waals surface area contributed by atoms with Crippen molar-refractivity contribution in [1.82, 2.24) is 10.4 Å². The fraction of sp³-hybridized carbons (Fsp3) is 0.0769. The number of nitrogens with zero attached hydrogens (tertiary/aromatic N) is 3. The van der Waals surface area contributed by atoms with E-state index in [2.05, 4.69) is 15.5 Å². The number of hydrogen-bond donors (Lipinski definition) is 1. The Morgan fingerprint density at radius 1 is 1.50 bits per heavy atom. The Labute approximate surface area is 119 Å². The molecule has 6 nitrogen and oxygen atoms in total. The minimum Gasteiger partial charge on any atom is -0.424 e. The lowest BCUT2D eigenvalue weighted by Gasteiger charge is -1.92. The molecule has 7 heteroatoms. The first-order valence-corrected chi connectivity index (χ1v) is 5.99. The summed E-state index contributed by atoms with van der Waals surface area (Å²) in [6.07, 6.45) is 0.993. The largest absolute Gasteiger partial charge is 0.424 e. The van der Waals surface area contributed by atoms with Crippen LogP contribution < -0.4 is 5.43 Å². The molecule has 0 bridgehead atoms. The highest BCUT2D eigenvalue weighted by Gasteiger charge is 2.11. The molecule has 0 fully saturated rings. The second-order valence-corrected chi connectivity index (χ2v) is 4.02. The van der Waals surface area contributed by atoms with Crippen molar-refractivity contribution in [2.75, 3.05) is 0 Å². The summed E-state index contributed by atoms with van der Waals surface area (Å²) in [4.78, 5) is 15.2. The van der Waals surface area contributed by atoms with Crippen LogP contribution >= 0.6 is 11.6 Å². The lowest BCUT2D eigenvalue weighted by Crippen LogP contribution is -2.16. The molecule has 1 N–H and O–H groups in total. The van der Waals surface area contributed by atoms with Gasteiger partial charge in [-0.25, -0.2) is 10.4 Å². The van der Waals surface area contributed by atoms with Gasteiger partial charge in [-0.05, 0) is 23.7 Å². The summed E-state index contributed by atoms with van der Waals surface area (Å²) in [7, 11) is 0. The van der Waals surface area contributed by atoms with E-state index in [4.69, 9.17) is 21.3 Å². The van der Waals surface area contributed by atoms with Gasteiger partial charge in [0, 0.05) is 5.56 Å². The zero-order valence-electron chi connectivity index (χ0n) is 10.2. The number of benzene rings is 1. The van der Waals surface area contributed by atoms with Crippen LogP contribution in [0.2, 0.25) is 5.22 Å². The third kappa shape index (κ3) is 3.43. The second kappa shape index (κ2) is 6.50. The Bertz CT molecular complexity index is 673. The molecule has 1 amide bonds. The van der Waals surface area contributed by atoms with Gasteiger partial charge in [-0.1, -0.05) is 18.2 Å². The third-order valence-electron chi connectivity index (χ3n) is 2.25. The van der Waals surface area contributed by atoms with E-state index in [9.17, 15) is 4.79 Å². The Hall–Kier alpha value is -2.65. The quantitative estimate of drug-likeness (QED) is 0.690. The minimum atomic E-state index is -0.508. The number of nitrogens with one attached hydrogen (secondary N) is 1. The van der Waals surface area contributed by atoms with Crippen molar-refractivity contribution in [3.63, 3.8) is 0 Å². The predicted octanol–water partition coefficient (Wildman–Crippen LogP) is 2.36. The number of rotatable bonds is 4. The smallest absolute Gasteiger partial charge is 0.254 e. The Morgan fingerprint density at radius 2 is 2.25 bits per heavy atom. The summed E-state index contributed by atoms with van der Waals surface area (Å²) in [5.74, 6) is -0.146. The zero-order chi connectivity index (χ0) is 14.4. The summed E-state index contributed by atoms with van der Waals surface area (Å²) in [5, 5.41) is 12.0. The van der Waals surface area contributed by atoms with Gasteiger partial charge in [0.1, 0.15) is 12.1 Å². The lowest BCUT2D eigenvalue weighted by molar-refractivity contribution is -0.120. The van der Waals surface area contributed by atoms with Crippen LogP contribution in [0.1, 0.15) is 12.1 Å². The molecule has 20 heavy (non-hydrogen) atoms. The molecule has 2 rings (SSSR count). The van der Waals surface area contributed by atoms with E-state index in [1.54, 1.807) is 6.07 Å². The van der Waals surface area contributed by atoms with Crippen LogP contribution in [0.5, 0.6) is 0 Å². The number of nitriles is 1. The van der Waals surface area contributed by atoms with Crippen LogP contribution in [0.25, 0.3) is 11.5 Å². The van der Waals surface area contributed by atoms with Crippen molar-refractivity contribution in [1.29, 1.82) is 5.26 Å². The number of carbonyl (C=O) groups is 1. The number of aromatic nitrogens is 1. The van der Waals surface area contributed by atoms with Crippen molar-refractivity contribution in [2.45, 2.75) is 6.42 Å². The van der Waals surface area contributed by atoms with E-state index >= 15 is 0 Å². The van der Waals surface area contributed by atoms with Gasteiger partial charge >= 0.3 is 0 Å². The maximum Gasteiger partial charge on any atom is 0.254 e. The van der Waals surface area contributed by atoms with Crippen LogP contribution in [0.3, 0.4) is 0 Å². The molecule has 0 saturated carbocycles. The van der Waals surface area contributed by atoms with Gasteiger partial charge < -0.3 is 4.42 Å². The van der Waals surface area contributed by atoms with Crippen LogP contribution in [-0.4, -0.2) is 17.1 Å². The summed E-state index contributed by atoms with van der Waals surface area (Å²) < 4.78 is 5.30. The third-order valence-corrected chi connectivity index (χ3v) is 2.52. The molecule has 1 aromatic heterocycles. The van der Waals surface area contributed by atoms with Crippen molar-refractivity contribution >= 4 is 23.7 Å². The molecule has 0 aliphatic rings. The number of hydrazone groups is 1. The highest BCUT2D eigenvalue weighted by molar-refractivity contribution is 6.31. The molecule has 0 unspecified atom stereocenters. The number of hydrogen-bond acceptors (Lipinski definition) is 5. The molecular weight excluding hydrogens is 280 g/mol. The highest BCUT2D eigenvalue weighted by atomic mass is 35.5. The molecule has 0 radical (unpaired) electrons. The van der Waals surface area contributed by atoms with Crippen molar-refractivity contribution < 1.29 is 9.21 Å². The maximum absolute atomic E-state index is 11.0. The van der Waals surface area contributed by atoms with E-state index < -0.39 is 5.91 Å². The van der Waals surface area contributed by atoms with Gasteiger partial charge in [-0.3, -0.25) is 4.79 Å². The molecule has 0 aliphatic carbocycles. The maximum atomic E-state index is 11.0. The Balaban J connectivity index is 2.11. The molecular formula is C13H9ClN4O2. The predicted molar refractivity (Wildman–Crippen MR) is 72.9 cm³/mol. The molecule has 0 atom stereocenters. The first-order chi connectivity index (χ1) is 9.70. The van der Waals surface area contributed by atoms with E-state index in [1.165, 1.54) is 6.21 Å². The van der Waals surface area contributed by atoms with Crippen LogP contribution in [0, 0.1) is 11.3 Å². The average Bonchev–Trinajstić information content (AvgIpc) is 2.82. The Morgan fingerprint density at radius 3 is 2.95 bits per heavy atom. The van der Waals surface area contributed by atoms with Gasteiger partial charge in [-0.15, -0.1) is 0 Å². The van der Waals surface area contributed by atoms with Gasteiger partial charge in [0.25, 0.3) is 5.91 Å². The molecule has 0 aliphatic heterocycles. The van der Waals surface area contributed by atoms with Crippen molar-refractivity contribution in [2.24, 2.45) is 5.10 Å². The summed E-state index contributed by atoms with van der Waals surface area (Å²) in [6, 6.07) is 10.9. The standard InChI is InChI=1S/C13H9ClN4O2/c14-12-10(8-16-18-11(19)6-7-15)17-13(20-12)9-4-2-1-3-5-9/h1-5,8H,6H2,(H,18,19)/b16-8+. The van der Waals surface area contributed by atoms with Crippen molar-refractivity contribution in [3.8, 4) is 17.5 Å². The number of oxazole rings is 1. The fourth-order valence-electron chi connectivity index (χ4n) is 1.37. The van der Waals surface area contributed by atoms with E-state index in [0.717, 1.165) is 5.56 Å². The van der Waals surface area contributed by atoms with E-state index in [-0.39, 0.29) is 11.6 Å². The minimum absolute atomic E-state index is 0.0714. The summed E-state index contributed by atoms with van der Waals surface area (Å²) in [6.45, 7) is 0. The first kappa shape index (κ1) is 13.8. The van der Waals surface area contributed by atoms with E-state index in [0.29, 0.717) is 11.6 Å². The first-order valence-electron chi connectivity index (χ1n) is 5.61. The van der Waals surface area contributed by atoms with Gasteiger partial charge in [0.2, 0.25) is 11.1 Å². The monoisotopic (exact) mass is 288 g/mol. The van der Waals surface area contributed by atoms with Crippen LogP contribution in [-0.2, 0) is 4.79 Å². The molecule has 1 aromatic carbocycles. The summed E-state index contributed by atoms with van der Waals surface area (Å²) in [5.41, 5.74) is 3.25. The molecule has 1 heterocycles. The number of amides is 1. The van der Waals surface area contributed by atoms with Crippen LogP contribution in [0.4, 0.5) is 0 Å². The van der Waals surface area contributed by atoms with E-state index in [1.807, 2.05) is 30.3 Å². The topological polar surface area (TPSA) is 91.3 Å².